The van der Waals surface area contributed by atoms with Crippen molar-refractivity contribution in [1.29, 1.82) is 0 Å². The molecule has 0 unspecified atom stereocenters. The van der Waals surface area contributed by atoms with Crippen LogP contribution in [0.2, 0.25) is 0 Å². The standard InChI is InChI=1S/C19H19FN4O/c1-23(11-12-3-7-14(20)8-4-12)19(25)15-9-17(13-5-6-13)22-18-16(15)10-21-24(18)2/h3-4,7-10,13H,5-6,11H2,1-2H3. The monoisotopic (exact) mass is 338 g/mol. The molecule has 128 valence electrons. The van der Waals surface area contributed by atoms with Gasteiger partial charge in [-0.1, -0.05) is 12.1 Å². The summed E-state index contributed by atoms with van der Waals surface area (Å²) in [5.41, 5.74) is 3.22. The lowest BCUT2D eigenvalue weighted by Crippen LogP contribution is -2.26. The first-order valence-electron chi connectivity index (χ1n) is 8.35. The van der Waals surface area contributed by atoms with Crippen molar-refractivity contribution >= 4 is 16.9 Å². The molecular weight excluding hydrogens is 319 g/mol. The average Bonchev–Trinajstić information content (AvgIpc) is 3.39. The highest BCUT2D eigenvalue weighted by Crippen LogP contribution is 2.40. The molecule has 1 fully saturated rings. The smallest absolute Gasteiger partial charge is 0.254 e. The highest BCUT2D eigenvalue weighted by molar-refractivity contribution is 6.05. The van der Waals surface area contributed by atoms with Crippen LogP contribution in [0.25, 0.3) is 11.0 Å². The Morgan fingerprint density at radius 2 is 2.04 bits per heavy atom. The minimum Gasteiger partial charge on any atom is -0.337 e. The van der Waals surface area contributed by atoms with Crippen molar-refractivity contribution in [2.24, 2.45) is 7.05 Å². The van der Waals surface area contributed by atoms with Crippen molar-refractivity contribution in [1.82, 2.24) is 19.7 Å². The summed E-state index contributed by atoms with van der Waals surface area (Å²) in [5.74, 6) is 0.0953. The number of amides is 1. The van der Waals surface area contributed by atoms with Crippen LogP contribution in [0.4, 0.5) is 4.39 Å². The fourth-order valence-electron chi connectivity index (χ4n) is 3.04. The Balaban J connectivity index is 1.67. The van der Waals surface area contributed by atoms with Crippen molar-refractivity contribution in [2.75, 3.05) is 7.05 Å². The topological polar surface area (TPSA) is 51.0 Å². The van der Waals surface area contributed by atoms with Crippen LogP contribution in [0, 0.1) is 5.82 Å². The van der Waals surface area contributed by atoms with E-state index in [-0.39, 0.29) is 11.7 Å². The summed E-state index contributed by atoms with van der Waals surface area (Å²) >= 11 is 0. The predicted octanol–water partition coefficient (Wildman–Crippen LogP) is 3.26. The molecule has 1 saturated carbocycles. The number of carbonyl (C=O) groups excluding carboxylic acids is 1. The van der Waals surface area contributed by atoms with E-state index >= 15 is 0 Å². The Kier molecular flexibility index (Phi) is 3.75. The number of fused-ring (bicyclic) bond motifs is 1. The van der Waals surface area contributed by atoms with Crippen molar-refractivity contribution in [3.8, 4) is 0 Å². The second-order valence-corrected chi connectivity index (χ2v) is 6.66. The van der Waals surface area contributed by atoms with E-state index in [0.717, 1.165) is 35.1 Å². The first-order chi connectivity index (χ1) is 12.0. The SMILES string of the molecule is CN(Cc1ccc(F)cc1)C(=O)c1cc(C2CC2)nc2c1cnn2C. The van der Waals surface area contributed by atoms with Crippen molar-refractivity contribution in [3.05, 3.63) is 59.2 Å². The lowest BCUT2D eigenvalue weighted by molar-refractivity contribution is 0.0787. The van der Waals surface area contributed by atoms with E-state index in [1.165, 1.54) is 12.1 Å². The van der Waals surface area contributed by atoms with Gasteiger partial charge in [0.25, 0.3) is 5.91 Å². The summed E-state index contributed by atoms with van der Waals surface area (Å²) in [6.07, 6.45) is 3.93. The Morgan fingerprint density at radius 3 is 2.72 bits per heavy atom. The number of benzene rings is 1. The number of rotatable bonds is 4. The Labute approximate surface area is 145 Å². The molecule has 25 heavy (non-hydrogen) atoms. The van der Waals surface area contributed by atoms with Gasteiger partial charge in [0.05, 0.1) is 17.1 Å². The average molecular weight is 338 g/mol. The van der Waals surface area contributed by atoms with E-state index in [2.05, 4.69) is 10.1 Å². The molecule has 1 amide bonds. The second kappa shape index (κ2) is 5.95. The number of nitrogens with zero attached hydrogens (tertiary/aromatic N) is 4. The summed E-state index contributed by atoms with van der Waals surface area (Å²) in [4.78, 5) is 19.3. The predicted molar refractivity (Wildman–Crippen MR) is 92.7 cm³/mol. The van der Waals surface area contributed by atoms with Crippen LogP contribution in [0.3, 0.4) is 0 Å². The maximum absolute atomic E-state index is 13.1. The minimum atomic E-state index is -0.280. The van der Waals surface area contributed by atoms with Gasteiger partial charge in [-0.05, 0) is 36.6 Å². The highest BCUT2D eigenvalue weighted by atomic mass is 19.1. The van der Waals surface area contributed by atoms with E-state index in [4.69, 9.17) is 0 Å². The van der Waals surface area contributed by atoms with Crippen LogP contribution < -0.4 is 0 Å². The number of aryl methyl sites for hydroxylation is 1. The van der Waals surface area contributed by atoms with Gasteiger partial charge in [0.15, 0.2) is 5.65 Å². The summed E-state index contributed by atoms with van der Waals surface area (Å²) in [6.45, 7) is 0.419. The van der Waals surface area contributed by atoms with Crippen molar-refractivity contribution in [3.63, 3.8) is 0 Å². The molecule has 4 rings (SSSR count). The van der Waals surface area contributed by atoms with Crippen LogP contribution >= 0.6 is 0 Å². The molecule has 5 nitrogen and oxygen atoms in total. The quantitative estimate of drug-likeness (QED) is 0.734. The zero-order valence-electron chi connectivity index (χ0n) is 14.2. The van der Waals surface area contributed by atoms with Gasteiger partial charge in [-0.25, -0.2) is 9.37 Å². The fraction of sp³-hybridized carbons (Fsp3) is 0.316. The fourth-order valence-corrected chi connectivity index (χ4v) is 3.04. The van der Waals surface area contributed by atoms with Gasteiger partial charge in [-0.2, -0.15) is 5.10 Å². The molecule has 3 aromatic rings. The molecule has 0 bridgehead atoms. The summed E-state index contributed by atoms with van der Waals surface area (Å²) in [5, 5.41) is 5.02. The lowest BCUT2D eigenvalue weighted by atomic mass is 10.1. The Hall–Kier alpha value is -2.76. The summed E-state index contributed by atoms with van der Waals surface area (Å²) in [6, 6.07) is 8.11. The Bertz CT molecular complexity index is 944. The Morgan fingerprint density at radius 1 is 1.32 bits per heavy atom. The van der Waals surface area contributed by atoms with Crippen LogP contribution in [0.1, 0.15) is 40.4 Å². The number of pyridine rings is 1. The van der Waals surface area contributed by atoms with Crippen LogP contribution in [-0.4, -0.2) is 32.6 Å². The van der Waals surface area contributed by atoms with E-state index in [1.807, 2.05) is 13.1 Å². The molecule has 0 N–H and O–H groups in total. The molecule has 1 aromatic carbocycles. The molecule has 1 aliphatic carbocycles. The van der Waals surface area contributed by atoms with Gasteiger partial charge in [0.1, 0.15) is 5.82 Å². The van der Waals surface area contributed by atoms with Crippen LogP contribution in [-0.2, 0) is 13.6 Å². The van der Waals surface area contributed by atoms with Gasteiger partial charge >= 0.3 is 0 Å². The van der Waals surface area contributed by atoms with Gasteiger partial charge in [-0.3, -0.25) is 9.48 Å². The maximum Gasteiger partial charge on any atom is 0.254 e. The van der Waals surface area contributed by atoms with Crippen molar-refractivity contribution in [2.45, 2.75) is 25.3 Å². The van der Waals surface area contributed by atoms with Crippen LogP contribution in [0.15, 0.2) is 36.5 Å². The summed E-state index contributed by atoms with van der Waals surface area (Å²) in [7, 11) is 3.59. The molecule has 0 spiro atoms. The molecule has 6 heteroatoms. The molecule has 2 heterocycles. The van der Waals surface area contributed by atoms with Gasteiger partial charge in [-0.15, -0.1) is 0 Å². The van der Waals surface area contributed by atoms with E-state index < -0.39 is 0 Å². The minimum absolute atomic E-state index is 0.0772. The zero-order valence-corrected chi connectivity index (χ0v) is 14.2. The zero-order chi connectivity index (χ0) is 17.6. The van der Waals surface area contributed by atoms with Gasteiger partial charge in [0.2, 0.25) is 0 Å². The molecule has 0 saturated heterocycles. The number of hydrogen-bond acceptors (Lipinski definition) is 3. The normalized spacial score (nSPS) is 14.0. The molecule has 0 aliphatic heterocycles. The molecule has 1 aliphatic rings. The number of halogens is 1. The van der Waals surface area contributed by atoms with Gasteiger partial charge in [0, 0.05) is 32.3 Å². The second-order valence-electron chi connectivity index (χ2n) is 6.66. The van der Waals surface area contributed by atoms with Gasteiger partial charge < -0.3 is 4.90 Å². The largest absolute Gasteiger partial charge is 0.337 e. The van der Waals surface area contributed by atoms with Crippen LogP contribution in [0.5, 0.6) is 0 Å². The summed E-state index contributed by atoms with van der Waals surface area (Å²) < 4.78 is 14.8. The van der Waals surface area contributed by atoms with E-state index in [1.54, 1.807) is 35.0 Å². The molecule has 2 aromatic heterocycles. The first-order valence-corrected chi connectivity index (χ1v) is 8.35. The lowest BCUT2D eigenvalue weighted by Gasteiger charge is -2.18. The molecular formula is C19H19FN4O. The van der Waals surface area contributed by atoms with E-state index in [9.17, 15) is 9.18 Å². The number of carbonyl (C=O) groups is 1. The third-order valence-corrected chi connectivity index (χ3v) is 4.63. The number of aromatic nitrogens is 3. The molecule has 0 atom stereocenters. The van der Waals surface area contributed by atoms with E-state index in [0.29, 0.717) is 18.0 Å². The number of hydrogen-bond donors (Lipinski definition) is 0. The third-order valence-electron chi connectivity index (χ3n) is 4.63. The van der Waals surface area contributed by atoms with Crippen molar-refractivity contribution < 1.29 is 9.18 Å². The molecule has 0 radical (unpaired) electrons. The first kappa shape index (κ1) is 15.7. The highest BCUT2D eigenvalue weighted by Gasteiger charge is 2.28. The third kappa shape index (κ3) is 2.99. The maximum atomic E-state index is 13.1.